The Morgan fingerprint density at radius 1 is 1.11 bits per heavy atom. The highest BCUT2D eigenvalue weighted by Crippen LogP contribution is 2.37. The van der Waals surface area contributed by atoms with Gasteiger partial charge in [0, 0.05) is 6.04 Å². The highest BCUT2D eigenvalue weighted by Gasteiger charge is 2.21. The van der Waals surface area contributed by atoms with Crippen LogP contribution in [-0.4, -0.2) is 32.3 Å². The maximum absolute atomic E-state index is 9.67. The first kappa shape index (κ1) is 19.7. The van der Waals surface area contributed by atoms with Crippen molar-refractivity contribution in [1.29, 1.82) is 0 Å². The van der Waals surface area contributed by atoms with E-state index in [2.05, 4.69) is 28.3 Å². The van der Waals surface area contributed by atoms with Gasteiger partial charge in [-0.25, -0.2) is 15.0 Å². The highest BCUT2D eigenvalue weighted by atomic mass is 35.5. The molecule has 0 amide bonds. The molecule has 0 aromatic carbocycles. The maximum Gasteiger partial charge on any atom is 0.155 e. The summed E-state index contributed by atoms with van der Waals surface area (Å²) in [5, 5.41) is 15.6. The number of aliphatic hydroxyl groups is 1. The molecule has 1 atom stereocenters. The van der Waals surface area contributed by atoms with Crippen molar-refractivity contribution in [2.24, 2.45) is 4.99 Å². The van der Waals surface area contributed by atoms with Crippen LogP contribution in [0.5, 0.6) is 0 Å². The Morgan fingerprint density at radius 3 is 2.75 bits per heavy atom. The molecule has 1 fully saturated rings. The second-order valence-corrected chi connectivity index (χ2v) is 9.06. The molecule has 1 saturated carbocycles. The molecule has 2 aromatic heterocycles. The van der Waals surface area contributed by atoms with Crippen molar-refractivity contribution in [3.8, 4) is 0 Å². The number of hydrogen-bond donors (Lipinski definition) is 2. The number of hydrogen-bond acceptors (Lipinski definition) is 6. The van der Waals surface area contributed by atoms with Gasteiger partial charge in [0.25, 0.3) is 0 Å². The van der Waals surface area contributed by atoms with E-state index in [0.717, 1.165) is 54.4 Å². The monoisotopic (exact) mass is 416 g/mol. The predicted molar refractivity (Wildman–Crippen MR) is 116 cm³/mol. The van der Waals surface area contributed by atoms with Gasteiger partial charge in [0.1, 0.15) is 16.0 Å². The molecule has 3 heterocycles. The lowest BCUT2D eigenvalue weighted by Crippen LogP contribution is -2.28. The van der Waals surface area contributed by atoms with E-state index >= 15 is 0 Å². The molecule has 4 rings (SSSR count). The van der Waals surface area contributed by atoms with Gasteiger partial charge in [-0.1, -0.05) is 42.4 Å². The van der Waals surface area contributed by atoms with Crippen LogP contribution in [-0.2, 0) is 0 Å². The summed E-state index contributed by atoms with van der Waals surface area (Å²) in [5.41, 5.74) is 1.24. The van der Waals surface area contributed by atoms with Crippen molar-refractivity contribution in [3.05, 3.63) is 41.0 Å². The number of aliphatic imine (C=N–C) groups is 1. The fourth-order valence-corrected chi connectivity index (χ4v) is 5.06. The topological polar surface area (TPSA) is 70.4 Å². The summed E-state index contributed by atoms with van der Waals surface area (Å²) < 4.78 is 0. The summed E-state index contributed by atoms with van der Waals surface area (Å²) in [4.78, 5) is 14.0. The van der Waals surface area contributed by atoms with Crippen LogP contribution in [0.3, 0.4) is 0 Å². The number of nitrogens with one attached hydrogen (secondary N) is 1. The third-order valence-electron chi connectivity index (χ3n) is 5.41. The van der Waals surface area contributed by atoms with Gasteiger partial charge in [0.15, 0.2) is 5.82 Å². The Kier molecular flexibility index (Phi) is 6.19. The smallest absolute Gasteiger partial charge is 0.155 e. The van der Waals surface area contributed by atoms with Crippen molar-refractivity contribution in [2.45, 2.75) is 68.5 Å². The SMILES string of the molecule is CC1CCC(=Nc2cccc(NC3CCC(O)CC3)n2)Sc2nc(Cl)ccc21. The average molecular weight is 417 g/mol. The predicted octanol–water partition coefficient (Wildman–Crippen LogP) is 5.57. The number of pyridine rings is 2. The Hall–Kier alpha value is -1.63. The summed E-state index contributed by atoms with van der Waals surface area (Å²) in [6, 6.07) is 10.2. The van der Waals surface area contributed by atoms with Crippen molar-refractivity contribution in [2.75, 3.05) is 5.32 Å². The lowest BCUT2D eigenvalue weighted by Gasteiger charge is -2.26. The van der Waals surface area contributed by atoms with Crippen molar-refractivity contribution < 1.29 is 5.11 Å². The zero-order valence-corrected chi connectivity index (χ0v) is 17.5. The van der Waals surface area contributed by atoms with Gasteiger partial charge in [0.2, 0.25) is 0 Å². The van der Waals surface area contributed by atoms with Gasteiger partial charge >= 0.3 is 0 Å². The van der Waals surface area contributed by atoms with Crippen molar-refractivity contribution in [3.63, 3.8) is 0 Å². The third-order valence-corrected chi connectivity index (χ3v) is 6.68. The van der Waals surface area contributed by atoms with Gasteiger partial charge in [0.05, 0.1) is 11.1 Å². The number of thioether (sulfide) groups is 1. The van der Waals surface area contributed by atoms with Crippen LogP contribution < -0.4 is 5.32 Å². The summed E-state index contributed by atoms with van der Waals surface area (Å²) in [6.45, 7) is 2.22. The third kappa shape index (κ3) is 4.85. The van der Waals surface area contributed by atoms with Crippen LogP contribution in [0, 0.1) is 0 Å². The van der Waals surface area contributed by atoms with E-state index in [9.17, 15) is 5.11 Å². The second kappa shape index (κ2) is 8.80. The zero-order chi connectivity index (χ0) is 19.5. The molecule has 1 aliphatic heterocycles. The van der Waals surface area contributed by atoms with Crippen LogP contribution in [0.2, 0.25) is 5.15 Å². The molecule has 2 N–H and O–H groups in total. The lowest BCUT2D eigenvalue weighted by molar-refractivity contribution is 0.126. The molecule has 2 aliphatic rings. The number of rotatable bonds is 3. The number of aromatic nitrogens is 2. The Labute approximate surface area is 175 Å². The first-order valence-electron chi connectivity index (χ1n) is 9.90. The molecule has 148 valence electrons. The van der Waals surface area contributed by atoms with Crippen LogP contribution in [0.1, 0.15) is 56.9 Å². The minimum Gasteiger partial charge on any atom is -0.393 e. The molecule has 2 aromatic rings. The quantitative estimate of drug-likeness (QED) is 0.640. The van der Waals surface area contributed by atoms with Crippen LogP contribution in [0.25, 0.3) is 0 Å². The Balaban J connectivity index is 1.51. The van der Waals surface area contributed by atoms with Crippen molar-refractivity contribution in [1.82, 2.24) is 9.97 Å². The van der Waals surface area contributed by atoms with E-state index < -0.39 is 0 Å². The summed E-state index contributed by atoms with van der Waals surface area (Å²) in [7, 11) is 0. The fraction of sp³-hybridized carbons (Fsp3) is 0.476. The molecule has 0 spiro atoms. The summed E-state index contributed by atoms with van der Waals surface area (Å²) in [5.74, 6) is 1.99. The average Bonchev–Trinajstić information content (AvgIpc) is 2.82. The van der Waals surface area contributed by atoms with Gasteiger partial charge in [-0.05, 0) is 68.2 Å². The molecule has 1 aliphatic carbocycles. The fourth-order valence-electron chi connectivity index (χ4n) is 3.75. The van der Waals surface area contributed by atoms with Gasteiger partial charge in [-0.15, -0.1) is 0 Å². The molecular weight excluding hydrogens is 392 g/mol. The van der Waals surface area contributed by atoms with Gasteiger partial charge in [-0.2, -0.15) is 0 Å². The molecule has 0 radical (unpaired) electrons. The van der Waals surface area contributed by atoms with E-state index in [0.29, 0.717) is 22.9 Å². The van der Waals surface area contributed by atoms with Crippen LogP contribution >= 0.6 is 23.4 Å². The molecule has 0 bridgehead atoms. The van der Waals surface area contributed by atoms with Crippen LogP contribution in [0.4, 0.5) is 11.6 Å². The molecule has 28 heavy (non-hydrogen) atoms. The first-order chi connectivity index (χ1) is 13.6. The van der Waals surface area contributed by atoms with E-state index in [1.807, 2.05) is 24.3 Å². The Morgan fingerprint density at radius 2 is 1.93 bits per heavy atom. The minimum atomic E-state index is -0.150. The lowest BCUT2D eigenvalue weighted by atomic mass is 9.93. The molecule has 7 heteroatoms. The van der Waals surface area contributed by atoms with Crippen LogP contribution in [0.15, 0.2) is 40.4 Å². The van der Waals surface area contributed by atoms with E-state index in [1.54, 1.807) is 11.8 Å². The number of aliphatic hydroxyl groups excluding tert-OH is 1. The van der Waals surface area contributed by atoms with E-state index in [4.69, 9.17) is 16.6 Å². The summed E-state index contributed by atoms with van der Waals surface area (Å²) in [6.07, 6.45) is 5.43. The summed E-state index contributed by atoms with van der Waals surface area (Å²) >= 11 is 7.71. The van der Waals surface area contributed by atoms with E-state index in [1.165, 1.54) is 5.56 Å². The highest BCUT2D eigenvalue weighted by molar-refractivity contribution is 8.14. The Bertz CT molecular complexity index is 867. The number of nitrogens with zero attached hydrogens (tertiary/aromatic N) is 3. The largest absolute Gasteiger partial charge is 0.393 e. The molecular formula is C21H25ClN4OS. The number of anilines is 1. The first-order valence-corrected chi connectivity index (χ1v) is 11.1. The molecule has 1 unspecified atom stereocenters. The van der Waals surface area contributed by atoms with E-state index in [-0.39, 0.29) is 6.10 Å². The van der Waals surface area contributed by atoms with Gasteiger partial charge in [-0.3, -0.25) is 0 Å². The number of fused-ring (bicyclic) bond motifs is 1. The maximum atomic E-state index is 9.67. The van der Waals surface area contributed by atoms with Gasteiger partial charge < -0.3 is 10.4 Å². The number of halogens is 1. The van der Waals surface area contributed by atoms with Crippen molar-refractivity contribution >= 4 is 40.0 Å². The zero-order valence-electron chi connectivity index (χ0n) is 15.9. The molecule has 0 saturated heterocycles. The second-order valence-electron chi connectivity index (χ2n) is 7.61. The molecule has 5 nitrogen and oxygen atoms in total. The minimum absolute atomic E-state index is 0.150. The normalized spacial score (nSPS) is 26.5. The standard InChI is InChI=1S/C21H25ClN4OS/c1-13-5-12-20(28-21-16(13)10-11-17(22)24-21)26-19-4-2-3-18(25-19)23-14-6-8-15(27)9-7-14/h2-4,10-11,13-15,27H,5-9,12H2,1H3,(H,23,25).